The fraction of sp³-hybridized carbons (Fsp3) is 0.567. The van der Waals surface area contributed by atoms with Crippen LogP contribution in [0.5, 0.6) is 5.75 Å². The van der Waals surface area contributed by atoms with Crippen molar-refractivity contribution in [1.29, 1.82) is 0 Å². The Morgan fingerprint density at radius 1 is 1.18 bits per heavy atom. The van der Waals surface area contributed by atoms with Gasteiger partial charge in [0.1, 0.15) is 17.3 Å². The van der Waals surface area contributed by atoms with E-state index in [9.17, 15) is 29.7 Å². The van der Waals surface area contributed by atoms with Gasteiger partial charge in [-0.1, -0.05) is 6.42 Å². The van der Waals surface area contributed by atoms with Gasteiger partial charge in [0.25, 0.3) is 0 Å². The fourth-order valence-electron chi connectivity index (χ4n) is 6.30. The second-order valence-corrected chi connectivity index (χ2v) is 11.0. The highest BCUT2D eigenvalue weighted by atomic mass is 16.3. The van der Waals surface area contributed by atoms with Crippen molar-refractivity contribution >= 4 is 17.3 Å². The van der Waals surface area contributed by atoms with Crippen molar-refractivity contribution in [2.24, 2.45) is 17.8 Å². The van der Waals surface area contributed by atoms with E-state index in [1.807, 2.05) is 6.07 Å². The number of carbonyl (C=O) groups is 3. The quantitative estimate of drug-likeness (QED) is 0.340. The number of aliphatic hydroxyl groups is 2. The summed E-state index contributed by atoms with van der Waals surface area (Å²) < 4.78 is 5.25. The second kappa shape index (κ2) is 14.0. The van der Waals surface area contributed by atoms with Gasteiger partial charge < -0.3 is 25.2 Å². The molecule has 1 fully saturated rings. The smallest absolute Gasteiger partial charge is 0.167 e. The number of hydrogen-bond donors (Lipinski definition) is 3. The number of carbonyl (C=O) groups excluding carboxylic acids is 3. The molecule has 0 amide bonds. The number of nitrogens with zero attached hydrogens (tertiary/aromatic N) is 1. The Hall–Kier alpha value is -2.85. The van der Waals surface area contributed by atoms with Crippen LogP contribution in [0.4, 0.5) is 0 Å². The summed E-state index contributed by atoms with van der Waals surface area (Å²) in [5.41, 5.74) is 3.54. The van der Waals surface area contributed by atoms with Crippen LogP contribution in [0.15, 0.2) is 29.1 Å². The van der Waals surface area contributed by atoms with E-state index in [0.29, 0.717) is 36.9 Å². The molecular weight excluding hydrogens is 502 g/mol. The fourth-order valence-corrected chi connectivity index (χ4v) is 6.30. The molecule has 0 spiro atoms. The standard InChI is InChI=1S/C30H39NO7.H2O.2H2/c1-19(34)11-27(35)26(17-33)21(5-9-32)12-20-13-24-23(16-31-7-3-2-4-8-31)15-25(22-6-10-38-18-22)30(37)29(24)28(36)14-20;;;/h6,10,15,18,20-21,26,32-33,37H,2-5,7-9,11-14,16-17H2,1H3;1H2;2*1H. The molecule has 4 rings (SSSR count). The number of benzene rings is 1. The van der Waals surface area contributed by atoms with Crippen molar-refractivity contribution in [1.82, 2.24) is 4.90 Å². The number of Topliss-reactive ketones (excluding diaryl/α,β-unsaturated/α-hetero) is 3. The van der Waals surface area contributed by atoms with Crippen LogP contribution in [-0.4, -0.2) is 69.3 Å². The van der Waals surface area contributed by atoms with E-state index in [1.165, 1.54) is 13.3 Å². The maximum absolute atomic E-state index is 13.5. The lowest BCUT2D eigenvalue weighted by Crippen LogP contribution is -2.33. The number of phenolic OH excluding ortho intramolecular Hbond substituents is 1. The summed E-state index contributed by atoms with van der Waals surface area (Å²) in [6.45, 7) is 3.46. The monoisotopic (exact) mass is 547 g/mol. The third-order valence-corrected chi connectivity index (χ3v) is 8.16. The van der Waals surface area contributed by atoms with Gasteiger partial charge in [-0.25, -0.2) is 0 Å². The van der Waals surface area contributed by atoms with Gasteiger partial charge in [-0.05, 0) is 87.2 Å². The van der Waals surface area contributed by atoms with Gasteiger partial charge in [-0.3, -0.25) is 19.3 Å². The Bertz CT molecular complexity index is 1150. The molecule has 9 heteroatoms. The van der Waals surface area contributed by atoms with Gasteiger partial charge in [-0.2, -0.15) is 0 Å². The first-order chi connectivity index (χ1) is 18.3. The van der Waals surface area contributed by atoms with Crippen LogP contribution in [0.25, 0.3) is 11.1 Å². The first-order valence-electron chi connectivity index (χ1n) is 13.7. The molecule has 0 radical (unpaired) electrons. The molecule has 1 saturated heterocycles. The molecule has 0 bridgehead atoms. The van der Waals surface area contributed by atoms with Crippen molar-refractivity contribution in [3.8, 4) is 16.9 Å². The third-order valence-electron chi connectivity index (χ3n) is 8.16. The SMILES string of the molecule is CC(=O)CC(=O)C(CO)C(CCO)CC1CC(=O)c2c(O)c(-c3ccoc3)cc(CN3CCCCC3)c2C1.O.[HH].[HH]. The number of aliphatic hydroxyl groups excluding tert-OH is 2. The zero-order chi connectivity index (χ0) is 27.2. The van der Waals surface area contributed by atoms with E-state index in [0.717, 1.165) is 42.6 Å². The Labute approximate surface area is 232 Å². The second-order valence-electron chi connectivity index (χ2n) is 11.0. The number of phenols is 1. The minimum Gasteiger partial charge on any atom is -0.507 e. The summed E-state index contributed by atoms with van der Waals surface area (Å²) in [6.07, 6.45) is 7.88. The van der Waals surface area contributed by atoms with Crippen LogP contribution in [0.2, 0.25) is 0 Å². The molecule has 2 heterocycles. The van der Waals surface area contributed by atoms with Gasteiger partial charge in [0, 0.05) is 39.5 Å². The van der Waals surface area contributed by atoms with E-state index < -0.39 is 12.5 Å². The van der Waals surface area contributed by atoms with Crippen LogP contribution < -0.4 is 0 Å². The molecule has 3 atom stereocenters. The number of fused-ring (bicyclic) bond motifs is 1. The van der Waals surface area contributed by atoms with Crippen LogP contribution in [0.3, 0.4) is 0 Å². The average Bonchev–Trinajstić information content (AvgIpc) is 3.41. The van der Waals surface area contributed by atoms with Crippen LogP contribution in [-0.2, 0) is 22.6 Å². The maximum Gasteiger partial charge on any atom is 0.167 e. The maximum atomic E-state index is 13.5. The van der Waals surface area contributed by atoms with E-state index in [2.05, 4.69) is 4.90 Å². The number of piperidine rings is 1. The molecule has 1 aliphatic heterocycles. The summed E-state index contributed by atoms with van der Waals surface area (Å²) in [6, 6.07) is 3.75. The molecule has 1 aliphatic carbocycles. The Kier molecular flexibility index (Phi) is 11.0. The Balaban J connectivity index is 0.00000280. The van der Waals surface area contributed by atoms with Crippen LogP contribution >= 0.6 is 0 Å². The van der Waals surface area contributed by atoms with Crippen molar-refractivity contribution < 1.29 is 42.4 Å². The number of rotatable bonds is 12. The summed E-state index contributed by atoms with van der Waals surface area (Å²) in [5.74, 6) is -1.96. The third kappa shape index (κ3) is 7.22. The summed E-state index contributed by atoms with van der Waals surface area (Å²) in [4.78, 5) is 40.2. The van der Waals surface area contributed by atoms with E-state index in [-0.39, 0.29) is 62.7 Å². The number of aromatic hydroxyl groups is 1. The normalized spacial score (nSPS) is 19.2. The van der Waals surface area contributed by atoms with Gasteiger partial charge in [0.2, 0.25) is 0 Å². The van der Waals surface area contributed by atoms with E-state index >= 15 is 0 Å². The predicted octanol–water partition coefficient (Wildman–Crippen LogP) is 3.60. The summed E-state index contributed by atoms with van der Waals surface area (Å²) >= 11 is 0. The van der Waals surface area contributed by atoms with Crippen molar-refractivity contribution in [2.45, 2.75) is 64.8 Å². The lowest BCUT2D eigenvalue weighted by atomic mass is 9.72. The first-order valence-corrected chi connectivity index (χ1v) is 13.7. The predicted molar refractivity (Wildman–Crippen MR) is 150 cm³/mol. The molecule has 2 aromatic rings. The molecular formula is C30H45NO8. The lowest BCUT2D eigenvalue weighted by molar-refractivity contribution is -0.131. The first kappa shape index (κ1) is 30.7. The molecule has 5 N–H and O–H groups in total. The molecule has 1 aromatic carbocycles. The zero-order valence-corrected chi connectivity index (χ0v) is 22.7. The molecule has 0 saturated carbocycles. The van der Waals surface area contributed by atoms with E-state index in [1.54, 1.807) is 18.6 Å². The summed E-state index contributed by atoms with van der Waals surface area (Å²) in [5, 5.41) is 30.9. The van der Waals surface area contributed by atoms with Crippen molar-refractivity contribution in [3.63, 3.8) is 0 Å². The van der Waals surface area contributed by atoms with Crippen molar-refractivity contribution in [2.75, 3.05) is 26.3 Å². The van der Waals surface area contributed by atoms with Gasteiger partial charge in [0.15, 0.2) is 5.78 Å². The number of likely N-dealkylation sites (tertiary alicyclic amines) is 1. The molecule has 2 aliphatic rings. The Morgan fingerprint density at radius 3 is 2.54 bits per heavy atom. The number of hydrogen-bond acceptors (Lipinski definition) is 8. The van der Waals surface area contributed by atoms with E-state index in [4.69, 9.17) is 4.42 Å². The Morgan fingerprint density at radius 2 is 1.92 bits per heavy atom. The highest BCUT2D eigenvalue weighted by Crippen LogP contribution is 2.43. The van der Waals surface area contributed by atoms with Gasteiger partial charge in [-0.15, -0.1) is 0 Å². The zero-order valence-electron chi connectivity index (χ0n) is 22.7. The molecule has 218 valence electrons. The van der Waals surface area contributed by atoms with Gasteiger partial charge >= 0.3 is 0 Å². The lowest BCUT2D eigenvalue weighted by Gasteiger charge is -2.33. The van der Waals surface area contributed by atoms with Crippen molar-refractivity contribution in [3.05, 3.63) is 41.3 Å². The largest absolute Gasteiger partial charge is 0.507 e. The topological polar surface area (TPSA) is 160 Å². The van der Waals surface area contributed by atoms with Crippen LogP contribution in [0, 0.1) is 17.8 Å². The summed E-state index contributed by atoms with van der Waals surface area (Å²) in [7, 11) is 0. The average molecular weight is 548 g/mol. The minimum absolute atomic E-state index is 0. The molecule has 1 aromatic heterocycles. The molecule has 39 heavy (non-hydrogen) atoms. The molecule has 9 nitrogen and oxygen atoms in total. The number of ketones is 3. The highest BCUT2D eigenvalue weighted by Gasteiger charge is 2.36. The van der Waals surface area contributed by atoms with Crippen LogP contribution in [0.1, 0.15) is 76.2 Å². The minimum atomic E-state index is -0.757. The highest BCUT2D eigenvalue weighted by molar-refractivity contribution is 6.03. The number of furan rings is 1. The molecule has 3 unspecified atom stereocenters. The van der Waals surface area contributed by atoms with Gasteiger partial charge in [0.05, 0.1) is 31.1 Å².